The van der Waals surface area contributed by atoms with Gasteiger partial charge in [-0.25, -0.2) is 9.97 Å². The van der Waals surface area contributed by atoms with Crippen LogP contribution in [0.5, 0.6) is 0 Å². The van der Waals surface area contributed by atoms with Crippen molar-refractivity contribution in [2.24, 2.45) is 0 Å². The molecule has 0 spiro atoms. The zero-order valence-corrected chi connectivity index (χ0v) is 13.3. The minimum atomic E-state index is 0.587. The number of pyridine rings is 1. The molecule has 1 aliphatic rings. The van der Waals surface area contributed by atoms with E-state index in [4.69, 9.17) is 4.42 Å². The van der Waals surface area contributed by atoms with Gasteiger partial charge in [-0.05, 0) is 49.1 Å². The molecule has 0 bridgehead atoms. The number of H-pyrrole nitrogens is 1. The number of hydrogen-bond acceptors (Lipinski definition) is 4. The number of nitrogens with one attached hydrogen (secondary N) is 1. The van der Waals surface area contributed by atoms with E-state index in [9.17, 15) is 0 Å². The van der Waals surface area contributed by atoms with Crippen LogP contribution in [0, 0.1) is 6.92 Å². The second-order valence-electron chi connectivity index (χ2n) is 6.41. The van der Waals surface area contributed by atoms with Gasteiger partial charge < -0.3 is 9.40 Å². The zero-order valence-electron chi connectivity index (χ0n) is 13.3. The normalized spacial score (nSPS) is 14.4. The molecule has 3 heterocycles. The van der Waals surface area contributed by atoms with Crippen LogP contribution in [0.1, 0.15) is 30.1 Å². The topological polar surface area (TPSA) is 67.6 Å². The first-order valence-corrected chi connectivity index (χ1v) is 8.14. The fourth-order valence-electron chi connectivity index (χ4n) is 2.94. The fraction of sp³-hybridized carbons (Fsp3) is 0.211. The highest BCUT2D eigenvalue weighted by molar-refractivity contribution is 5.81. The Kier molecular flexibility index (Phi) is 2.82. The molecule has 0 aliphatic heterocycles. The summed E-state index contributed by atoms with van der Waals surface area (Å²) in [5, 5.41) is 0. The standard InChI is InChI=1S/C19H16N4O/c1-11-6-14(9-20-8-11)13-4-5-15-17(7-13)24-19(23-15)16-10-21-18(22-16)12-2-3-12/h4-10,12H,2-3H2,1H3,(H,21,22). The SMILES string of the molecule is Cc1cncc(-c2ccc3nc(-c4cnc(C5CC5)[nH]4)oc3c2)c1. The number of aromatic nitrogens is 4. The number of fused-ring (bicyclic) bond motifs is 1. The quantitative estimate of drug-likeness (QED) is 0.605. The molecule has 0 radical (unpaired) electrons. The second-order valence-corrected chi connectivity index (χ2v) is 6.41. The molecule has 118 valence electrons. The van der Waals surface area contributed by atoms with Gasteiger partial charge in [0.15, 0.2) is 5.58 Å². The fourth-order valence-corrected chi connectivity index (χ4v) is 2.94. The molecular formula is C19H16N4O. The average molecular weight is 316 g/mol. The van der Waals surface area contributed by atoms with Crippen molar-refractivity contribution in [3.63, 3.8) is 0 Å². The number of aryl methyl sites for hydroxylation is 1. The molecular weight excluding hydrogens is 300 g/mol. The van der Waals surface area contributed by atoms with Crippen LogP contribution in [0.15, 0.2) is 47.3 Å². The molecule has 5 nitrogen and oxygen atoms in total. The van der Waals surface area contributed by atoms with Gasteiger partial charge in [-0.2, -0.15) is 0 Å². The summed E-state index contributed by atoms with van der Waals surface area (Å²) in [4.78, 5) is 16.6. The summed E-state index contributed by atoms with van der Waals surface area (Å²) < 4.78 is 5.96. The minimum absolute atomic E-state index is 0.587. The summed E-state index contributed by atoms with van der Waals surface area (Å²) in [5.74, 6) is 2.21. The maximum absolute atomic E-state index is 5.96. The third-order valence-corrected chi connectivity index (χ3v) is 4.39. The van der Waals surface area contributed by atoms with Crippen LogP contribution in [0.2, 0.25) is 0 Å². The number of aromatic amines is 1. The van der Waals surface area contributed by atoms with Crippen molar-refractivity contribution in [1.82, 2.24) is 19.9 Å². The molecule has 0 unspecified atom stereocenters. The first-order chi connectivity index (χ1) is 11.8. The monoisotopic (exact) mass is 316 g/mol. The molecule has 0 atom stereocenters. The maximum Gasteiger partial charge on any atom is 0.245 e. The van der Waals surface area contributed by atoms with Crippen molar-refractivity contribution < 1.29 is 4.42 Å². The highest BCUT2D eigenvalue weighted by Crippen LogP contribution is 2.39. The van der Waals surface area contributed by atoms with Crippen LogP contribution in [0.4, 0.5) is 0 Å². The van der Waals surface area contributed by atoms with Crippen LogP contribution in [-0.2, 0) is 0 Å². The van der Waals surface area contributed by atoms with E-state index in [1.54, 1.807) is 0 Å². The molecule has 1 saturated carbocycles. The first-order valence-electron chi connectivity index (χ1n) is 8.14. The number of hydrogen-bond donors (Lipinski definition) is 1. The lowest BCUT2D eigenvalue weighted by atomic mass is 10.1. The van der Waals surface area contributed by atoms with E-state index >= 15 is 0 Å². The Balaban J connectivity index is 1.55. The van der Waals surface area contributed by atoms with Crippen LogP contribution >= 0.6 is 0 Å². The molecule has 1 aliphatic carbocycles. The van der Waals surface area contributed by atoms with Crippen molar-refractivity contribution >= 4 is 11.1 Å². The van der Waals surface area contributed by atoms with Crippen LogP contribution < -0.4 is 0 Å². The molecule has 0 saturated heterocycles. The van der Waals surface area contributed by atoms with E-state index < -0.39 is 0 Å². The summed E-state index contributed by atoms with van der Waals surface area (Å²) in [7, 11) is 0. The average Bonchev–Trinajstić information content (AvgIpc) is 3.17. The third kappa shape index (κ3) is 2.29. The number of nitrogens with zero attached hydrogens (tertiary/aromatic N) is 3. The molecule has 1 N–H and O–H groups in total. The Bertz CT molecular complexity index is 1040. The minimum Gasteiger partial charge on any atom is -0.435 e. The molecule has 5 rings (SSSR count). The number of benzene rings is 1. The highest BCUT2D eigenvalue weighted by Gasteiger charge is 2.27. The molecule has 3 aromatic heterocycles. The van der Waals surface area contributed by atoms with Gasteiger partial charge in [-0.1, -0.05) is 6.07 Å². The lowest BCUT2D eigenvalue weighted by Crippen LogP contribution is -1.82. The maximum atomic E-state index is 5.96. The van der Waals surface area contributed by atoms with Crippen molar-refractivity contribution in [2.75, 3.05) is 0 Å². The van der Waals surface area contributed by atoms with Gasteiger partial charge in [0.25, 0.3) is 0 Å². The van der Waals surface area contributed by atoms with Crippen molar-refractivity contribution in [3.8, 4) is 22.7 Å². The summed E-state index contributed by atoms with van der Waals surface area (Å²) in [6.45, 7) is 2.04. The van der Waals surface area contributed by atoms with Crippen LogP contribution in [-0.4, -0.2) is 19.9 Å². The van der Waals surface area contributed by atoms with Gasteiger partial charge in [-0.3, -0.25) is 4.98 Å². The Hall–Kier alpha value is -2.95. The molecule has 5 heteroatoms. The number of oxazole rings is 1. The van der Waals surface area contributed by atoms with Gasteiger partial charge in [0.2, 0.25) is 5.89 Å². The van der Waals surface area contributed by atoms with Crippen molar-refractivity contribution in [2.45, 2.75) is 25.7 Å². The Morgan fingerprint density at radius 3 is 2.83 bits per heavy atom. The molecule has 1 fully saturated rings. The van der Waals surface area contributed by atoms with E-state index in [0.29, 0.717) is 11.8 Å². The Morgan fingerprint density at radius 2 is 2.00 bits per heavy atom. The smallest absolute Gasteiger partial charge is 0.245 e. The van der Waals surface area contributed by atoms with Gasteiger partial charge >= 0.3 is 0 Å². The summed E-state index contributed by atoms with van der Waals surface area (Å²) >= 11 is 0. The van der Waals surface area contributed by atoms with E-state index in [-0.39, 0.29) is 0 Å². The predicted molar refractivity (Wildman–Crippen MR) is 91.5 cm³/mol. The zero-order chi connectivity index (χ0) is 16.1. The molecule has 24 heavy (non-hydrogen) atoms. The van der Waals surface area contributed by atoms with E-state index in [2.05, 4.69) is 26.0 Å². The highest BCUT2D eigenvalue weighted by atomic mass is 16.3. The molecule has 1 aromatic carbocycles. The lowest BCUT2D eigenvalue weighted by Gasteiger charge is -2.01. The number of imidazole rings is 1. The van der Waals surface area contributed by atoms with Gasteiger partial charge in [0.05, 0.1) is 6.20 Å². The third-order valence-electron chi connectivity index (χ3n) is 4.39. The second kappa shape index (κ2) is 5.03. The number of rotatable bonds is 3. The predicted octanol–water partition coefficient (Wildman–Crippen LogP) is 4.47. The molecule has 0 amide bonds. The van der Waals surface area contributed by atoms with E-state index in [1.807, 2.05) is 43.7 Å². The van der Waals surface area contributed by atoms with Crippen molar-refractivity contribution in [3.05, 3.63) is 54.2 Å². The largest absolute Gasteiger partial charge is 0.435 e. The van der Waals surface area contributed by atoms with Gasteiger partial charge in [-0.15, -0.1) is 0 Å². The van der Waals surface area contributed by atoms with Gasteiger partial charge in [0, 0.05) is 23.9 Å². The summed E-state index contributed by atoms with van der Waals surface area (Å²) in [6, 6.07) is 8.16. The first kappa shape index (κ1) is 13.5. The Morgan fingerprint density at radius 1 is 1.08 bits per heavy atom. The molecule has 4 aromatic rings. The van der Waals surface area contributed by atoms with E-state index in [0.717, 1.165) is 39.3 Å². The van der Waals surface area contributed by atoms with Crippen LogP contribution in [0.25, 0.3) is 33.8 Å². The Labute approximate surface area is 138 Å². The van der Waals surface area contributed by atoms with Crippen LogP contribution in [0.3, 0.4) is 0 Å². The lowest BCUT2D eigenvalue weighted by molar-refractivity contribution is 0.617. The van der Waals surface area contributed by atoms with E-state index in [1.165, 1.54) is 12.8 Å². The van der Waals surface area contributed by atoms with Crippen molar-refractivity contribution in [1.29, 1.82) is 0 Å². The summed E-state index contributed by atoms with van der Waals surface area (Å²) in [5.41, 5.74) is 5.74. The summed E-state index contributed by atoms with van der Waals surface area (Å²) in [6.07, 6.45) is 7.96. The van der Waals surface area contributed by atoms with Gasteiger partial charge in [0.1, 0.15) is 17.0 Å².